The van der Waals surface area contributed by atoms with Gasteiger partial charge in [0.1, 0.15) is 5.75 Å². The quantitative estimate of drug-likeness (QED) is 0.750. The first-order valence-corrected chi connectivity index (χ1v) is 8.40. The lowest BCUT2D eigenvalue weighted by atomic mass is 10.0. The number of carbonyl (C=O) groups excluding carboxylic acids is 1. The summed E-state index contributed by atoms with van der Waals surface area (Å²) in [5.41, 5.74) is 6.63. The van der Waals surface area contributed by atoms with E-state index in [2.05, 4.69) is 6.07 Å². The van der Waals surface area contributed by atoms with E-state index in [1.807, 2.05) is 23.1 Å². The molecule has 0 saturated carbocycles. The number of benzene rings is 1. The average molecular weight is 304 g/mol. The minimum atomic E-state index is 0.174. The highest BCUT2D eigenvalue weighted by atomic mass is 16.5. The number of nitrogens with two attached hydrogens (primary N) is 1. The van der Waals surface area contributed by atoms with Gasteiger partial charge in [-0.3, -0.25) is 4.79 Å². The summed E-state index contributed by atoms with van der Waals surface area (Å²) < 4.78 is 5.46. The monoisotopic (exact) mass is 304 g/mol. The van der Waals surface area contributed by atoms with Crippen LogP contribution in [0.25, 0.3) is 0 Å². The summed E-state index contributed by atoms with van der Waals surface area (Å²) in [4.78, 5) is 14.6. The lowest BCUT2D eigenvalue weighted by molar-refractivity contribution is -0.132. The molecule has 0 aliphatic carbocycles. The van der Waals surface area contributed by atoms with Crippen LogP contribution < -0.4 is 10.5 Å². The molecule has 1 atom stereocenters. The number of rotatable bonds is 8. The lowest BCUT2D eigenvalue weighted by Gasteiger charge is -2.26. The molecule has 1 saturated heterocycles. The van der Waals surface area contributed by atoms with Crippen molar-refractivity contribution >= 4 is 5.91 Å². The second kappa shape index (κ2) is 8.79. The van der Waals surface area contributed by atoms with E-state index in [1.165, 1.54) is 0 Å². The molecule has 1 aromatic carbocycles. The molecule has 0 bridgehead atoms. The van der Waals surface area contributed by atoms with Crippen molar-refractivity contribution in [2.45, 2.75) is 51.0 Å². The van der Waals surface area contributed by atoms with Crippen LogP contribution in [-0.2, 0) is 4.79 Å². The third-order valence-electron chi connectivity index (χ3n) is 4.42. The molecule has 2 rings (SSSR count). The number of amides is 1. The molecule has 1 aliphatic rings. The van der Waals surface area contributed by atoms with Gasteiger partial charge >= 0.3 is 0 Å². The molecule has 4 nitrogen and oxygen atoms in total. The second-order valence-electron chi connectivity index (χ2n) is 5.94. The Hall–Kier alpha value is -1.55. The first-order valence-electron chi connectivity index (χ1n) is 8.40. The molecule has 1 amide bonds. The number of ether oxygens (including phenoxy) is 1. The fourth-order valence-electron chi connectivity index (χ4n) is 3.25. The van der Waals surface area contributed by atoms with E-state index in [4.69, 9.17) is 10.5 Å². The Kier molecular flexibility index (Phi) is 6.72. The molecule has 0 spiro atoms. The Bertz CT molecular complexity index is 476. The molecule has 0 aromatic heterocycles. The summed E-state index contributed by atoms with van der Waals surface area (Å²) in [5.74, 6) is 1.16. The highest BCUT2D eigenvalue weighted by molar-refractivity contribution is 5.77. The highest BCUT2D eigenvalue weighted by Crippen LogP contribution is 2.37. The smallest absolute Gasteiger partial charge is 0.223 e. The van der Waals surface area contributed by atoms with Gasteiger partial charge in [-0.05, 0) is 38.3 Å². The Morgan fingerprint density at radius 2 is 2.05 bits per heavy atom. The van der Waals surface area contributed by atoms with E-state index in [1.54, 1.807) is 7.11 Å². The predicted octanol–water partition coefficient (Wildman–Crippen LogP) is 3.27. The SMILES string of the molecule is COc1ccccc1C1CCCN1C(=O)CCCCCCN. The number of nitrogens with zero attached hydrogens (tertiary/aromatic N) is 1. The normalized spacial score (nSPS) is 17.7. The lowest BCUT2D eigenvalue weighted by Crippen LogP contribution is -2.30. The number of unbranched alkanes of at least 4 members (excludes halogenated alkanes) is 3. The van der Waals surface area contributed by atoms with Crippen LogP contribution in [0.3, 0.4) is 0 Å². The minimum absolute atomic E-state index is 0.174. The largest absolute Gasteiger partial charge is 0.496 e. The molecule has 1 heterocycles. The summed E-state index contributed by atoms with van der Waals surface area (Å²) in [7, 11) is 1.69. The van der Waals surface area contributed by atoms with E-state index in [0.29, 0.717) is 6.42 Å². The van der Waals surface area contributed by atoms with Gasteiger partial charge in [-0.15, -0.1) is 0 Å². The molecule has 1 aromatic rings. The topological polar surface area (TPSA) is 55.6 Å². The first kappa shape index (κ1) is 16.8. The third kappa shape index (κ3) is 4.23. The van der Waals surface area contributed by atoms with Crippen molar-refractivity contribution in [2.75, 3.05) is 20.2 Å². The maximum atomic E-state index is 12.5. The summed E-state index contributed by atoms with van der Waals surface area (Å²) >= 11 is 0. The minimum Gasteiger partial charge on any atom is -0.496 e. The van der Waals surface area contributed by atoms with E-state index >= 15 is 0 Å². The van der Waals surface area contributed by atoms with Crippen LogP contribution in [0.15, 0.2) is 24.3 Å². The van der Waals surface area contributed by atoms with Gasteiger partial charge in [0, 0.05) is 18.5 Å². The number of hydrogen-bond acceptors (Lipinski definition) is 3. The predicted molar refractivity (Wildman–Crippen MR) is 88.8 cm³/mol. The van der Waals surface area contributed by atoms with Gasteiger partial charge in [0.05, 0.1) is 13.2 Å². The molecule has 0 radical (unpaired) electrons. The molecule has 2 N–H and O–H groups in total. The maximum absolute atomic E-state index is 12.5. The number of carbonyl (C=O) groups is 1. The number of methoxy groups -OCH3 is 1. The Morgan fingerprint density at radius 1 is 1.27 bits per heavy atom. The molecule has 22 heavy (non-hydrogen) atoms. The summed E-state index contributed by atoms with van der Waals surface area (Å²) in [6.45, 7) is 1.61. The van der Waals surface area contributed by atoms with Crippen molar-refractivity contribution in [3.63, 3.8) is 0 Å². The number of para-hydroxylation sites is 1. The molecule has 1 unspecified atom stereocenters. The van der Waals surface area contributed by atoms with Crippen molar-refractivity contribution in [2.24, 2.45) is 5.73 Å². The van der Waals surface area contributed by atoms with E-state index in [-0.39, 0.29) is 11.9 Å². The van der Waals surface area contributed by atoms with Crippen molar-refractivity contribution in [3.05, 3.63) is 29.8 Å². The van der Waals surface area contributed by atoms with Gasteiger partial charge in [0.15, 0.2) is 0 Å². The van der Waals surface area contributed by atoms with Crippen LogP contribution in [-0.4, -0.2) is 31.0 Å². The zero-order valence-electron chi connectivity index (χ0n) is 13.6. The van der Waals surface area contributed by atoms with Gasteiger partial charge in [0.2, 0.25) is 5.91 Å². The molecular formula is C18H28N2O2. The van der Waals surface area contributed by atoms with E-state index in [0.717, 1.165) is 62.9 Å². The van der Waals surface area contributed by atoms with Crippen molar-refractivity contribution in [1.82, 2.24) is 4.90 Å². The van der Waals surface area contributed by atoms with Gasteiger partial charge < -0.3 is 15.4 Å². The van der Waals surface area contributed by atoms with Crippen molar-refractivity contribution < 1.29 is 9.53 Å². The van der Waals surface area contributed by atoms with Crippen LogP contribution in [0.5, 0.6) is 5.75 Å². The first-order chi connectivity index (χ1) is 10.8. The fraction of sp³-hybridized carbons (Fsp3) is 0.611. The number of likely N-dealkylation sites (tertiary alicyclic amines) is 1. The zero-order chi connectivity index (χ0) is 15.8. The molecule has 1 aliphatic heterocycles. The van der Waals surface area contributed by atoms with Crippen LogP contribution in [0.1, 0.15) is 56.6 Å². The van der Waals surface area contributed by atoms with E-state index in [9.17, 15) is 4.79 Å². The Labute approximate surface area is 133 Å². The standard InChI is InChI=1S/C18H28N2O2/c1-22-17-11-6-5-9-15(17)16-10-8-14-20(16)18(21)12-4-2-3-7-13-19/h5-6,9,11,16H,2-4,7-8,10,12-14,19H2,1H3. The zero-order valence-corrected chi connectivity index (χ0v) is 13.6. The summed E-state index contributed by atoms with van der Waals surface area (Å²) in [6, 6.07) is 8.22. The van der Waals surface area contributed by atoms with Crippen molar-refractivity contribution in [3.8, 4) is 5.75 Å². The second-order valence-corrected chi connectivity index (χ2v) is 5.94. The van der Waals surface area contributed by atoms with Crippen molar-refractivity contribution in [1.29, 1.82) is 0 Å². The van der Waals surface area contributed by atoms with Crippen LogP contribution in [0, 0.1) is 0 Å². The van der Waals surface area contributed by atoms with Gasteiger partial charge in [-0.1, -0.05) is 31.0 Å². The van der Waals surface area contributed by atoms with E-state index < -0.39 is 0 Å². The fourth-order valence-corrected chi connectivity index (χ4v) is 3.25. The van der Waals surface area contributed by atoms with Crippen LogP contribution in [0.2, 0.25) is 0 Å². The van der Waals surface area contributed by atoms with Gasteiger partial charge in [0.25, 0.3) is 0 Å². The van der Waals surface area contributed by atoms with Crippen LogP contribution in [0.4, 0.5) is 0 Å². The maximum Gasteiger partial charge on any atom is 0.223 e. The molecule has 4 heteroatoms. The Balaban J connectivity index is 1.94. The van der Waals surface area contributed by atoms with Crippen LogP contribution >= 0.6 is 0 Å². The third-order valence-corrected chi connectivity index (χ3v) is 4.42. The molecule has 122 valence electrons. The number of hydrogen-bond donors (Lipinski definition) is 1. The Morgan fingerprint density at radius 3 is 2.82 bits per heavy atom. The highest BCUT2D eigenvalue weighted by Gasteiger charge is 2.31. The summed E-state index contributed by atoms with van der Waals surface area (Å²) in [5, 5.41) is 0. The van der Waals surface area contributed by atoms with Gasteiger partial charge in [-0.25, -0.2) is 0 Å². The van der Waals surface area contributed by atoms with Gasteiger partial charge in [-0.2, -0.15) is 0 Å². The average Bonchev–Trinajstić information content (AvgIpc) is 3.04. The molecular weight excluding hydrogens is 276 g/mol. The summed E-state index contributed by atoms with van der Waals surface area (Å²) in [6.07, 6.45) is 6.99. The molecule has 1 fully saturated rings.